The fourth-order valence-corrected chi connectivity index (χ4v) is 2.10. The number of rotatable bonds is 5. The number of halogens is 2. The molecule has 0 aliphatic heterocycles. The van der Waals surface area contributed by atoms with Crippen molar-refractivity contribution in [3.05, 3.63) is 27.5 Å². The van der Waals surface area contributed by atoms with Gasteiger partial charge in [0.25, 0.3) is 0 Å². The lowest BCUT2D eigenvalue weighted by molar-refractivity contribution is -0.145. The lowest BCUT2D eigenvalue weighted by atomic mass is 10.2. The Morgan fingerprint density at radius 1 is 1.65 bits per heavy atom. The van der Waals surface area contributed by atoms with Gasteiger partial charge in [0.15, 0.2) is 6.04 Å². The molecule has 1 rings (SSSR count). The fourth-order valence-electron chi connectivity index (χ4n) is 1.36. The quantitative estimate of drug-likeness (QED) is 0.847. The number of hydrogen-bond donors (Lipinski definition) is 1. The molecule has 1 heterocycles. The van der Waals surface area contributed by atoms with Gasteiger partial charge in [-0.2, -0.15) is 0 Å². The molecule has 1 aromatic rings. The fraction of sp³-hybridized carbons (Fsp3) is 0.455. The number of carbonyl (C=O) groups excluding carboxylic acids is 1. The normalized spacial score (nSPS) is 12.2. The Labute approximate surface area is 114 Å². The summed E-state index contributed by atoms with van der Waals surface area (Å²) in [5.41, 5.74) is 0.482. The number of nitrogens with zero attached hydrogens (tertiary/aromatic N) is 1. The van der Waals surface area contributed by atoms with Crippen LogP contribution in [0.5, 0.6) is 0 Å². The summed E-state index contributed by atoms with van der Waals surface area (Å²) < 4.78 is 5.75. The highest BCUT2D eigenvalue weighted by Gasteiger charge is 2.24. The molecule has 0 aromatic carbocycles. The van der Waals surface area contributed by atoms with Crippen molar-refractivity contribution < 1.29 is 9.53 Å². The summed E-state index contributed by atoms with van der Waals surface area (Å²) in [5.74, 6) is -0.369. The highest BCUT2D eigenvalue weighted by molar-refractivity contribution is 9.10. The minimum absolute atomic E-state index is 0.328. The number of nitrogens with one attached hydrogen (secondary N) is 1. The first kappa shape index (κ1) is 14.4. The molecule has 0 fully saturated rings. The van der Waals surface area contributed by atoms with Crippen LogP contribution in [0.1, 0.15) is 25.6 Å². The zero-order valence-electron chi connectivity index (χ0n) is 9.67. The minimum Gasteiger partial charge on any atom is -0.465 e. The van der Waals surface area contributed by atoms with Crippen LogP contribution >= 0.6 is 27.5 Å². The standard InChI is InChI=1S/C11H14BrClN2O2/c1-3-14-10(11(16)17-4-2)9-8(13)5-7(12)6-15-9/h5-6,10,14H,3-4H2,1-2H3. The molecule has 0 aliphatic carbocycles. The Morgan fingerprint density at radius 2 is 2.35 bits per heavy atom. The Bertz CT molecular complexity index is 401. The third kappa shape index (κ3) is 3.94. The van der Waals surface area contributed by atoms with Crippen LogP contribution in [0.3, 0.4) is 0 Å². The molecular weight excluding hydrogens is 307 g/mol. The smallest absolute Gasteiger partial charge is 0.329 e. The number of hydrogen-bond acceptors (Lipinski definition) is 4. The van der Waals surface area contributed by atoms with Crippen LogP contribution in [0.4, 0.5) is 0 Å². The lowest BCUT2D eigenvalue weighted by Crippen LogP contribution is -2.31. The first-order valence-electron chi connectivity index (χ1n) is 5.31. The van der Waals surface area contributed by atoms with Crippen molar-refractivity contribution in [3.63, 3.8) is 0 Å². The van der Waals surface area contributed by atoms with Crippen LogP contribution in [0.25, 0.3) is 0 Å². The summed E-state index contributed by atoms with van der Waals surface area (Å²) in [6.07, 6.45) is 1.60. The van der Waals surface area contributed by atoms with Gasteiger partial charge in [-0.1, -0.05) is 18.5 Å². The van der Waals surface area contributed by atoms with Crippen LogP contribution in [0.15, 0.2) is 16.7 Å². The topological polar surface area (TPSA) is 51.2 Å². The van der Waals surface area contributed by atoms with Crippen molar-refractivity contribution in [3.8, 4) is 0 Å². The third-order valence-corrected chi connectivity index (χ3v) is 2.78. The predicted octanol–water partition coefficient (Wildman–Crippen LogP) is 2.71. The van der Waals surface area contributed by atoms with Gasteiger partial charge in [0.05, 0.1) is 17.3 Å². The van der Waals surface area contributed by atoms with Gasteiger partial charge in [-0.05, 0) is 35.5 Å². The molecule has 0 radical (unpaired) electrons. The Kier molecular flexibility index (Phi) is 5.88. The molecule has 0 aliphatic rings. The second kappa shape index (κ2) is 6.93. The van der Waals surface area contributed by atoms with Crippen molar-refractivity contribution >= 4 is 33.5 Å². The van der Waals surface area contributed by atoms with E-state index in [4.69, 9.17) is 16.3 Å². The summed E-state index contributed by atoms with van der Waals surface area (Å²) in [6.45, 7) is 4.61. The van der Waals surface area contributed by atoms with E-state index in [1.165, 1.54) is 0 Å². The van der Waals surface area contributed by atoms with Crippen molar-refractivity contribution in [2.75, 3.05) is 13.2 Å². The van der Waals surface area contributed by atoms with Crippen molar-refractivity contribution in [1.82, 2.24) is 10.3 Å². The van der Waals surface area contributed by atoms with E-state index in [1.807, 2.05) is 6.92 Å². The maximum atomic E-state index is 11.8. The molecule has 1 unspecified atom stereocenters. The van der Waals surface area contributed by atoms with Crippen LogP contribution < -0.4 is 5.32 Å². The van der Waals surface area contributed by atoms with Crippen LogP contribution in [-0.4, -0.2) is 24.1 Å². The van der Waals surface area contributed by atoms with Gasteiger partial charge in [-0.15, -0.1) is 0 Å². The molecule has 0 amide bonds. The molecule has 0 saturated carbocycles. The molecule has 0 bridgehead atoms. The summed E-state index contributed by atoms with van der Waals surface area (Å²) in [4.78, 5) is 15.9. The van der Waals surface area contributed by atoms with Gasteiger partial charge in [0.2, 0.25) is 0 Å². The molecule has 1 aromatic heterocycles. The van der Waals surface area contributed by atoms with Crippen molar-refractivity contribution in [2.45, 2.75) is 19.9 Å². The van der Waals surface area contributed by atoms with E-state index in [9.17, 15) is 4.79 Å². The first-order valence-corrected chi connectivity index (χ1v) is 6.48. The van der Waals surface area contributed by atoms with E-state index >= 15 is 0 Å². The summed E-state index contributed by atoms with van der Waals surface area (Å²) in [6, 6.07) is 1.08. The predicted molar refractivity (Wildman–Crippen MR) is 70.0 cm³/mol. The number of carbonyl (C=O) groups is 1. The Morgan fingerprint density at radius 3 is 2.88 bits per heavy atom. The molecule has 0 saturated heterocycles. The number of ether oxygens (including phenoxy) is 1. The van der Waals surface area contributed by atoms with Gasteiger partial charge >= 0.3 is 5.97 Å². The third-order valence-electron chi connectivity index (χ3n) is 2.04. The van der Waals surface area contributed by atoms with Gasteiger partial charge in [-0.3, -0.25) is 10.3 Å². The largest absolute Gasteiger partial charge is 0.465 e. The highest BCUT2D eigenvalue weighted by Crippen LogP contribution is 2.24. The van der Waals surface area contributed by atoms with Gasteiger partial charge < -0.3 is 4.74 Å². The number of aromatic nitrogens is 1. The first-order chi connectivity index (χ1) is 8.10. The van der Waals surface area contributed by atoms with Gasteiger partial charge in [0, 0.05) is 10.7 Å². The molecule has 94 valence electrons. The second-order valence-electron chi connectivity index (χ2n) is 3.26. The average Bonchev–Trinajstić information content (AvgIpc) is 2.27. The van der Waals surface area contributed by atoms with E-state index < -0.39 is 6.04 Å². The van der Waals surface area contributed by atoms with Crippen LogP contribution in [0.2, 0.25) is 5.02 Å². The molecule has 6 heteroatoms. The van der Waals surface area contributed by atoms with E-state index in [0.717, 1.165) is 4.47 Å². The van der Waals surface area contributed by atoms with Crippen LogP contribution in [-0.2, 0) is 9.53 Å². The Hall–Kier alpha value is -0.650. The molecule has 1 atom stereocenters. The molecule has 0 spiro atoms. The van der Waals surface area contributed by atoms with Crippen molar-refractivity contribution in [2.24, 2.45) is 0 Å². The van der Waals surface area contributed by atoms with Gasteiger partial charge in [0.1, 0.15) is 0 Å². The van der Waals surface area contributed by atoms with E-state index in [2.05, 4.69) is 26.2 Å². The molecular formula is C11H14BrClN2O2. The van der Waals surface area contributed by atoms with E-state index in [0.29, 0.717) is 23.9 Å². The maximum Gasteiger partial charge on any atom is 0.329 e. The SMILES string of the molecule is CCNC(C(=O)OCC)c1ncc(Br)cc1Cl. The summed E-state index contributed by atoms with van der Waals surface area (Å²) in [5, 5.41) is 3.44. The molecule has 1 N–H and O–H groups in total. The summed E-state index contributed by atoms with van der Waals surface area (Å²) in [7, 11) is 0. The molecule has 4 nitrogen and oxygen atoms in total. The number of likely N-dealkylation sites (N-methyl/N-ethyl adjacent to an activating group) is 1. The van der Waals surface area contributed by atoms with E-state index in [-0.39, 0.29) is 5.97 Å². The van der Waals surface area contributed by atoms with Crippen molar-refractivity contribution in [1.29, 1.82) is 0 Å². The lowest BCUT2D eigenvalue weighted by Gasteiger charge is -2.16. The zero-order chi connectivity index (χ0) is 12.8. The van der Waals surface area contributed by atoms with Gasteiger partial charge in [-0.25, -0.2) is 4.79 Å². The van der Waals surface area contributed by atoms with Crippen LogP contribution in [0, 0.1) is 0 Å². The minimum atomic E-state index is -0.624. The summed E-state index contributed by atoms with van der Waals surface area (Å²) >= 11 is 9.33. The molecule has 17 heavy (non-hydrogen) atoms. The zero-order valence-corrected chi connectivity index (χ0v) is 12.0. The number of pyridine rings is 1. The van der Waals surface area contributed by atoms with E-state index in [1.54, 1.807) is 19.2 Å². The maximum absolute atomic E-state index is 11.8. The number of esters is 1. The second-order valence-corrected chi connectivity index (χ2v) is 4.59. The average molecular weight is 322 g/mol. The highest BCUT2D eigenvalue weighted by atomic mass is 79.9. The monoisotopic (exact) mass is 320 g/mol. The Balaban J connectivity index is 3.00.